The minimum Gasteiger partial charge on any atom is -0.493 e. The van der Waals surface area contributed by atoms with Gasteiger partial charge in [-0.05, 0) is 105 Å². The summed E-state index contributed by atoms with van der Waals surface area (Å²) >= 11 is 8.88. The molecule has 50 heavy (non-hydrogen) atoms. The first-order chi connectivity index (χ1) is 24.1. The second kappa shape index (κ2) is 14.2. The summed E-state index contributed by atoms with van der Waals surface area (Å²) in [5.74, 6) is 1.73. The molecular weight excluding hydrogens is 673 g/mol. The largest absolute Gasteiger partial charge is 0.493 e. The summed E-state index contributed by atoms with van der Waals surface area (Å²) in [6, 6.07) is 15.1. The maximum Gasteiger partial charge on any atom is 0.354 e. The zero-order valence-corrected chi connectivity index (χ0v) is 30.7. The van der Waals surface area contributed by atoms with Crippen LogP contribution in [0.3, 0.4) is 0 Å². The Morgan fingerprint density at radius 1 is 0.960 bits per heavy atom. The number of thioether (sulfide) groups is 1. The summed E-state index contributed by atoms with van der Waals surface area (Å²) < 4.78 is 32.2. The molecule has 0 radical (unpaired) electrons. The van der Waals surface area contributed by atoms with Crippen molar-refractivity contribution in [1.29, 1.82) is 0 Å². The van der Waals surface area contributed by atoms with Crippen LogP contribution in [-0.2, 0) is 50.4 Å². The summed E-state index contributed by atoms with van der Waals surface area (Å²) in [4.78, 5) is 13.7. The lowest BCUT2D eigenvalue weighted by molar-refractivity contribution is 0.0587. The van der Waals surface area contributed by atoms with E-state index in [-0.39, 0.29) is 11.8 Å². The molecule has 0 aliphatic carbocycles. The number of halogens is 2. The number of aryl methyl sites for hydroxylation is 7. The van der Waals surface area contributed by atoms with Crippen molar-refractivity contribution in [3.63, 3.8) is 0 Å². The SMILES string of the molecule is COC(=O)c1c2c3ccc(Cl)c(-c4c(C)nn(C)c4C)c3n1CCCSCc1cc(n(C)n1)CCc1cc(c3ccc(F)cc3c1)OCCC2. The molecule has 0 saturated heterocycles. The number of aromatic nitrogens is 5. The van der Waals surface area contributed by atoms with Crippen molar-refractivity contribution in [3.8, 4) is 16.9 Å². The summed E-state index contributed by atoms with van der Waals surface area (Å²) in [6.45, 7) is 5.06. The van der Waals surface area contributed by atoms with Gasteiger partial charge in [-0.2, -0.15) is 22.0 Å². The first kappa shape index (κ1) is 34.2. The van der Waals surface area contributed by atoms with Crippen LogP contribution in [-0.4, -0.2) is 49.6 Å². The Labute approximate surface area is 300 Å². The molecule has 3 aromatic heterocycles. The van der Waals surface area contributed by atoms with Crippen molar-refractivity contribution in [2.24, 2.45) is 14.1 Å². The molecular formula is C39H41ClFN5O3S. The van der Waals surface area contributed by atoms with Gasteiger partial charge in [0.25, 0.3) is 0 Å². The molecule has 0 unspecified atom stereocenters. The van der Waals surface area contributed by atoms with Crippen molar-refractivity contribution < 1.29 is 18.7 Å². The van der Waals surface area contributed by atoms with E-state index in [4.69, 9.17) is 31.3 Å². The van der Waals surface area contributed by atoms with Crippen LogP contribution in [0.4, 0.5) is 4.39 Å². The normalized spacial score (nSPS) is 14.5. The minimum atomic E-state index is -0.379. The summed E-state index contributed by atoms with van der Waals surface area (Å²) in [7, 11) is 5.35. The van der Waals surface area contributed by atoms with Crippen molar-refractivity contribution in [2.45, 2.75) is 58.2 Å². The van der Waals surface area contributed by atoms with Gasteiger partial charge in [0.2, 0.25) is 0 Å². The zero-order valence-electron chi connectivity index (χ0n) is 29.1. The van der Waals surface area contributed by atoms with E-state index in [0.29, 0.717) is 36.7 Å². The predicted octanol–water partition coefficient (Wildman–Crippen LogP) is 8.56. The number of esters is 1. The van der Waals surface area contributed by atoms with E-state index in [2.05, 4.69) is 22.8 Å². The summed E-state index contributed by atoms with van der Waals surface area (Å²) in [6.07, 6.45) is 3.65. The molecule has 1 aliphatic heterocycles. The van der Waals surface area contributed by atoms with Crippen LogP contribution in [0.1, 0.15) is 57.2 Å². The zero-order chi connectivity index (χ0) is 35.1. The first-order valence-electron chi connectivity index (χ1n) is 17.0. The van der Waals surface area contributed by atoms with E-state index in [0.717, 1.165) is 103 Å². The van der Waals surface area contributed by atoms with E-state index >= 15 is 0 Å². The molecule has 0 atom stereocenters. The second-order valence-corrected chi connectivity index (χ2v) is 14.5. The van der Waals surface area contributed by atoms with Gasteiger partial charge in [-0.1, -0.05) is 23.7 Å². The molecule has 1 aliphatic rings. The number of methoxy groups -OCH3 is 1. The van der Waals surface area contributed by atoms with Crippen LogP contribution in [0.25, 0.3) is 32.8 Å². The third-order valence-corrected chi connectivity index (χ3v) is 11.2. The highest BCUT2D eigenvalue weighted by Crippen LogP contribution is 2.42. The molecule has 0 amide bonds. The van der Waals surface area contributed by atoms with Gasteiger partial charge in [0, 0.05) is 59.7 Å². The number of fused-ring (bicyclic) bond motifs is 11. The molecule has 0 saturated carbocycles. The van der Waals surface area contributed by atoms with Crippen LogP contribution in [0.5, 0.6) is 5.75 Å². The Hall–Kier alpha value is -4.28. The fraction of sp³-hybridized carbons (Fsp3) is 0.359. The average Bonchev–Trinajstić information content (AvgIpc) is 3.69. The molecule has 0 spiro atoms. The number of ether oxygens (including phenoxy) is 2. The van der Waals surface area contributed by atoms with Crippen molar-refractivity contribution >= 4 is 51.0 Å². The number of hydrogen-bond donors (Lipinski definition) is 0. The first-order valence-corrected chi connectivity index (χ1v) is 18.5. The molecule has 260 valence electrons. The topological polar surface area (TPSA) is 76.1 Å². The third-order valence-electron chi connectivity index (χ3n) is 9.80. The summed E-state index contributed by atoms with van der Waals surface area (Å²) in [5.41, 5.74) is 9.35. The monoisotopic (exact) mass is 713 g/mol. The molecule has 4 heterocycles. The van der Waals surface area contributed by atoms with Crippen molar-refractivity contribution in [1.82, 2.24) is 24.1 Å². The lowest BCUT2D eigenvalue weighted by Gasteiger charge is -2.14. The highest BCUT2D eigenvalue weighted by Gasteiger charge is 2.28. The lowest BCUT2D eigenvalue weighted by Crippen LogP contribution is -2.14. The molecule has 0 fully saturated rings. The Morgan fingerprint density at radius 2 is 1.78 bits per heavy atom. The Balaban J connectivity index is 1.35. The van der Waals surface area contributed by atoms with Gasteiger partial charge in [-0.3, -0.25) is 9.36 Å². The van der Waals surface area contributed by atoms with Crippen LogP contribution in [0.15, 0.2) is 48.5 Å². The van der Waals surface area contributed by atoms with E-state index < -0.39 is 0 Å². The van der Waals surface area contributed by atoms with Crippen LogP contribution in [0, 0.1) is 19.7 Å². The molecule has 7 rings (SSSR count). The molecule has 6 bridgehead atoms. The number of carbonyl (C=O) groups is 1. The van der Waals surface area contributed by atoms with Crippen molar-refractivity contribution in [3.05, 3.63) is 99.0 Å². The van der Waals surface area contributed by atoms with Gasteiger partial charge < -0.3 is 14.0 Å². The standard InChI is InChI=1S/C39H41ClFN5O3S/c1-23-35(24(2)44(3)42-23)36-33(40)14-13-32-31-8-6-16-49-34-19-25(18-26-20-27(41)10-12-30(26)34)9-11-29-21-28(43-45(29)4)22-50-17-7-15-46(37(32)36)38(31)39(47)48-5/h10,12-14,18-21H,6-9,11,15-17,22H2,1-5H3. The molecule has 0 N–H and O–H groups in total. The number of carbonyl (C=O) groups excluding carboxylic acids is 1. The molecule has 6 aromatic rings. The summed E-state index contributed by atoms with van der Waals surface area (Å²) in [5, 5.41) is 12.7. The average molecular weight is 714 g/mol. The predicted molar refractivity (Wildman–Crippen MR) is 199 cm³/mol. The fourth-order valence-electron chi connectivity index (χ4n) is 7.38. The van der Waals surface area contributed by atoms with Gasteiger partial charge in [0.05, 0.1) is 35.6 Å². The molecule has 8 nitrogen and oxygen atoms in total. The number of rotatable bonds is 2. The van der Waals surface area contributed by atoms with Gasteiger partial charge in [-0.15, -0.1) is 0 Å². The highest BCUT2D eigenvalue weighted by atomic mass is 35.5. The minimum absolute atomic E-state index is 0.279. The number of hydrogen-bond acceptors (Lipinski definition) is 6. The van der Waals surface area contributed by atoms with Gasteiger partial charge in [-0.25, -0.2) is 9.18 Å². The number of nitrogens with zero attached hydrogens (tertiary/aromatic N) is 5. The van der Waals surface area contributed by atoms with E-state index in [1.54, 1.807) is 12.1 Å². The van der Waals surface area contributed by atoms with Crippen LogP contribution < -0.4 is 4.74 Å². The van der Waals surface area contributed by atoms with Gasteiger partial charge >= 0.3 is 5.97 Å². The quantitative estimate of drug-likeness (QED) is 0.168. The Kier molecular flexibility index (Phi) is 9.67. The molecule has 3 aromatic carbocycles. The third kappa shape index (κ3) is 6.39. The van der Waals surface area contributed by atoms with Gasteiger partial charge in [0.15, 0.2) is 0 Å². The van der Waals surface area contributed by atoms with Gasteiger partial charge in [0.1, 0.15) is 17.3 Å². The van der Waals surface area contributed by atoms with Crippen LogP contribution in [0.2, 0.25) is 5.02 Å². The second-order valence-electron chi connectivity index (χ2n) is 13.0. The maximum absolute atomic E-state index is 14.4. The lowest BCUT2D eigenvalue weighted by atomic mass is 9.98. The number of benzene rings is 3. The van der Waals surface area contributed by atoms with E-state index in [1.165, 1.54) is 13.2 Å². The Bertz CT molecular complexity index is 2250. The maximum atomic E-state index is 14.4. The highest BCUT2D eigenvalue weighted by molar-refractivity contribution is 7.98. The van der Waals surface area contributed by atoms with E-state index in [9.17, 15) is 9.18 Å². The molecule has 11 heteroatoms. The van der Waals surface area contributed by atoms with Crippen molar-refractivity contribution in [2.75, 3.05) is 19.5 Å². The van der Waals surface area contributed by atoms with E-state index in [1.807, 2.05) is 61.2 Å². The van der Waals surface area contributed by atoms with Crippen LogP contribution >= 0.6 is 23.4 Å². The Morgan fingerprint density at radius 3 is 2.56 bits per heavy atom. The smallest absolute Gasteiger partial charge is 0.354 e. The fourth-order valence-corrected chi connectivity index (χ4v) is 8.46.